The van der Waals surface area contributed by atoms with E-state index in [4.69, 9.17) is 10.9 Å². The van der Waals surface area contributed by atoms with Crippen molar-refractivity contribution >= 4 is 27.5 Å². The van der Waals surface area contributed by atoms with Crippen LogP contribution in [0.25, 0.3) is 0 Å². The summed E-state index contributed by atoms with van der Waals surface area (Å²) in [5.41, 5.74) is 7.54. The van der Waals surface area contributed by atoms with Crippen LogP contribution in [0.5, 0.6) is 0 Å². The van der Waals surface area contributed by atoms with Crippen molar-refractivity contribution in [2.75, 3.05) is 5.73 Å². The van der Waals surface area contributed by atoms with Crippen LogP contribution in [-0.2, 0) is 15.8 Å². The highest BCUT2D eigenvalue weighted by molar-refractivity contribution is 7.98. The standard InChI is InChI=1S/C13H14N2O2S2/c14-12-7-6-11(19(15,16)17)8-13(12)18-9-10-4-2-1-3-5-10/h1-8H,9,14H2,(H2,15,16,17). The number of primary sulfonamides is 1. The van der Waals surface area contributed by atoms with E-state index in [2.05, 4.69) is 0 Å². The van der Waals surface area contributed by atoms with Crippen LogP contribution in [0.1, 0.15) is 5.56 Å². The number of hydrogen-bond acceptors (Lipinski definition) is 4. The Morgan fingerprint density at radius 1 is 1.05 bits per heavy atom. The van der Waals surface area contributed by atoms with Gasteiger partial charge >= 0.3 is 0 Å². The van der Waals surface area contributed by atoms with Crippen LogP contribution in [0.4, 0.5) is 5.69 Å². The Balaban J connectivity index is 2.21. The van der Waals surface area contributed by atoms with Gasteiger partial charge < -0.3 is 5.73 Å². The Morgan fingerprint density at radius 3 is 2.37 bits per heavy atom. The molecule has 0 saturated carbocycles. The van der Waals surface area contributed by atoms with Gasteiger partial charge in [-0.25, -0.2) is 13.6 Å². The van der Waals surface area contributed by atoms with Gasteiger partial charge in [0.15, 0.2) is 0 Å². The summed E-state index contributed by atoms with van der Waals surface area (Å²) in [7, 11) is -3.69. The second kappa shape index (κ2) is 5.64. The first kappa shape index (κ1) is 13.9. The third kappa shape index (κ3) is 3.73. The van der Waals surface area contributed by atoms with Crippen molar-refractivity contribution in [3.05, 3.63) is 54.1 Å². The molecule has 0 fully saturated rings. The number of anilines is 1. The van der Waals surface area contributed by atoms with Gasteiger partial charge in [0.1, 0.15) is 0 Å². The largest absolute Gasteiger partial charge is 0.398 e. The van der Waals surface area contributed by atoms with Crippen LogP contribution < -0.4 is 10.9 Å². The van der Waals surface area contributed by atoms with E-state index in [1.807, 2.05) is 30.3 Å². The highest BCUT2D eigenvalue weighted by Gasteiger charge is 2.10. The summed E-state index contributed by atoms with van der Waals surface area (Å²) in [6.07, 6.45) is 0. The van der Waals surface area contributed by atoms with E-state index in [0.717, 1.165) is 16.2 Å². The first-order chi connectivity index (χ1) is 8.97. The number of nitrogen functional groups attached to an aromatic ring is 1. The molecule has 2 aromatic carbocycles. The van der Waals surface area contributed by atoms with E-state index in [9.17, 15) is 8.42 Å². The van der Waals surface area contributed by atoms with Crippen LogP contribution in [0.15, 0.2) is 58.3 Å². The van der Waals surface area contributed by atoms with E-state index >= 15 is 0 Å². The summed E-state index contributed by atoms with van der Waals surface area (Å²) in [6.45, 7) is 0. The molecule has 0 aliphatic heterocycles. The third-order valence-corrected chi connectivity index (χ3v) is 4.60. The molecule has 0 amide bonds. The van der Waals surface area contributed by atoms with Gasteiger partial charge in [-0.3, -0.25) is 0 Å². The predicted molar refractivity (Wildman–Crippen MR) is 78.2 cm³/mol. The van der Waals surface area contributed by atoms with Gasteiger partial charge in [-0.1, -0.05) is 30.3 Å². The second-order valence-corrected chi connectivity index (χ2v) is 6.60. The molecule has 4 nitrogen and oxygen atoms in total. The maximum absolute atomic E-state index is 11.3. The topological polar surface area (TPSA) is 86.2 Å². The molecule has 0 aliphatic carbocycles. The number of nitrogens with two attached hydrogens (primary N) is 2. The maximum atomic E-state index is 11.3. The second-order valence-electron chi connectivity index (χ2n) is 4.02. The van der Waals surface area contributed by atoms with Crippen molar-refractivity contribution in [2.45, 2.75) is 15.5 Å². The Bertz CT molecular complexity index is 670. The molecular weight excluding hydrogens is 280 g/mol. The molecule has 0 unspecified atom stereocenters. The van der Waals surface area contributed by atoms with Gasteiger partial charge in [-0.05, 0) is 23.8 Å². The molecular formula is C13H14N2O2S2. The number of sulfonamides is 1. The molecule has 2 rings (SSSR count). The van der Waals surface area contributed by atoms with Crippen LogP contribution in [0.3, 0.4) is 0 Å². The Hall–Kier alpha value is -1.50. The normalized spacial score (nSPS) is 11.4. The van der Waals surface area contributed by atoms with E-state index in [1.165, 1.54) is 23.9 Å². The van der Waals surface area contributed by atoms with Crippen molar-refractivity contribution in [3.8, 4) is 0 Å². The fourth-order valence-electron chi connectivity index (χ4n) is 1.55. The van der Waals surface area contributed by atoms with Crippen LogP contribution >= 0.6 is 11.8 Å². The molecule has 0 atom stereocenters. The number of thioether (sulfide) groups is 1. The minimum Gasteiger partial charge on any atom is -0.398 e. The quantitative estimate of drug-likeness (QED) is 0.668. The first-order valence-corrected chi connectivity index (χ1v) is 8.09. The van der Waals surface area contributed by atoms with Crippen molar-refractivity contribution in [3.63, 3.8) is 0 Å². The Labute approximate surface area is 116 Å². The maximum Gasteiger partial charge on any atom is 0.238 e. The van der Waals surface area contributed by atoms with E-state index in [1.54, 1.807) is 6.07 Å². The smallest absolute Gasteiger partial charge is 0.238 e. The van der Waals surface area contributed by atoms with Crippen LogP contribution in [0.2, 0.25) is 0 Å². The van der Waals surface area contributed by atoms with Crippen LogP contribution in [0, 0.1) is 0 Å². The van der Waals surface area contributed by atoms with E-state index in [0.29, 0.717) is 5.69 Å². The minimum atomic E-state index is -3.69. The number of rotatable bonds is 4. The molecule has 0 aromatic heterocycles. The Morgan fingerprint density at radius 2 is 1.74 bits per heavy atom. The third-order valence-electron chi connectivity index (χ3n) is 2.55. The van der Waals surface area contributed by atoms with Crippen molar-refractivity contribution in [2.24, 2.45) is 5.14 Å². The van der Waals surface area contributed by atoms with Crippen LogP contribution in [-0.4, -0.2) is 8.42 Å². The summed E-state index contributed by atoms with van der Waals surface area (Å²) < 4.78 is 22.6. The average molecular weight is 294 g/mol. The zero-order chi connectivity index (χ0) is 13.9. The average Bonchev–Trinajstić information content (AvgIpc) is 2.37. The Kier molecular flexibility index (Phi) is 4.14. The number of benzene rings is 2. The lowest BCUT2D eigenvalue weighted by Gasteiger charge is -2.07. The zero-order valence-electron chi connectivity index (χ0n) is 10.1. The van der Waals surface area contributed by atoms with Gasteiger partial charge in [0, 0.05) is 16.3 Å². The lowest BCUT2D eigenvalue weighted by Crippen LogP contribution is -2.12. The van der Waals surface area contributed by atoms with Gasteiger partial charge in [0.2, 0.25) is 10.0 Å². The van der Waals surface area contributed by atoms with Gasteiger partial charge in [-0.15, -0.1) is 11.8 Å². The highest BCUT2D eigenvalue weighted by atomic mass is 32.2. The molecule has 0 aliphatic rings. The predicted octanol–water partition coefficient (Wildman–Crippen LogP) is 2.21. The van der Waals surface area contributed by atoms with Gasteiger partial charge in [0.05, 0.1) is 4.90 Å². The molecule has 0 spiro atoms. The fraction of sp³-hybridized carbons (Fsp3) is 0.0769. The van der Waals surface area contributed by atoms with E-state index in [-0.39, 0.29) is 4.90 Å². The molecule has 0 saturated heterocycles. The SMILES string of the molecule is Nc1ccc(S(N)(=O)=O)cc1SCc1ccccc1. The molecule has 0 heterocycles. The number of hydrogen-bond donors (Lipinski definition) is 2. The monoisotopic (exact) mass is 294 g/mol. The molecule has 0 bridgehead atoms. The fourth-order valence-corrected chi connectivity index (χ4v) is 3.13. The molecule has 19 heavy (non-hydrogen) atoms. The molecule has 4 N–H and O–H groups in total. The summed E-state index contributed by atoms with van der Waals surface area (Å²) in [4.78, 5) is 0.799. The van der Waals surface area contributed by atoms with Crippen molar-refractivity contribution in [1.82, 2.24) is 0 Å². The lowest BCUT2D eigenvalue weighted by molar-refractivity contribution is 0.597. The summed E-state index contributed by atoms with van der Waals surface area (Å²) in [5, 5.41) is 5.11. The van der Waals surface area contributed by atoms with Gasteiger partial charge in [-0.2, -0.15) is 0 Å². The summed E-state index contributed by atoms with van der Waals surface area (Å²) in [6, 6.07) is 14.4. The first-order valence-electron chi connectivity index (χ1n) is 5.56. The molecule has 100 valence electrons. The molecule has 2 aromatic rings. The minimum absolute atomic E-state index is 0.0808. The van der Waals surface area contributed by atoms with Crippen molar-refractivity contribution in [1.29, 1.82) is 0 Å². The summed E-state index contributed by atoms with van der Waals surface area (Å²) in [5.74, 6) is 0.721. The van der Waals surface area contributed by atoms with Gasteiger partial charge in [0.25, 0.3) is 0 Å². The molecule has 6 heteroatoms. The molecule has 0 radical (unpaired) electrons. The summed E-state index contributed by atoms with van der Waals surface area (Å²) >= 11 is 1.49. The zero-order valence-corrected chi connectivity index (χ0v) is 11.7. The van der Waals surface area contributed by atoms with E-state index < -0.39 is 10.0 Å². The van der Waals surface area contributed by atoms with Crippen molar-refractivity contribution < 1.29 is 8.42 Å². The highest BCUT2D eigenvalue weighted by Crippen LogP contribution is 2.30. The lowest BCUT2D eigenvalue weighted by atomic mass is 10.2.